The highest BCUT2D eigenvalue weighted by Gasteiger charge is 2.26. The Bertz CT molecular complexity index is 561. The van der Waals surface area contributed by atoms with Crippen molar-refractivity contribution in [2.45, 2.75) is 19.4 Å². The molecule has 126 valence electrons. The zero-order chi connectivity index (χ0) is 16.2. The predicted molar refractivity (Wildman–Crippen MR) is 92.1 cm³/mol. The number of rotatable bonds is 4. The van der Waals surface area contributed by atoms with Gasteiger partial charge in [0.05, 0.1) is 13.2 Å². The lowest BCUT2D eigenvalue weighted by molar-refractivity contribution is -0.126. The van der Waals surface area contributed by atoms with E-state index in [1.807, 2.05) is 12.1 Å². The van der Waals surface area contributed by atoms with E-state index in [2.05, 4.69) is 28.5 Å². The minimum Gasteiger partial charge on any atom is -0.378 e. The predicted octanol–water partition coefficient (Wildman–Crippen LogP) is 1.58. The first kappa shape index (κ1) is 16.6. The van der Waals surface area contributed by atoms with Gasteiger partial charge in [-0.05, 0) is 37.0 Å². The van der Waals surface area contributed by atoms with Crippen molar-refractivity contribution in [1.29, 1.82) is 0 Å². The minimum atomic E-state index is -0.212. The number of nitrogens with zero attached hydrogens (tertiary/aromatic N) is 1. The van der Waals surface area contributed by atoms with E-state index >= 15 is 0 Å². The number of benzene rings is 1. The van der Waals surface area contributed by atoms with E-state index in [1.165, 1.54) is 11.3 Å². The number of hydrogen-bond acceptors (Lipinski definition) is 4. The molecular weight excluding hydrogens is 314 g/mol. The molecule has 1 aromatic rings. The third-order valence-corrected chi connectivity index (χ3v) is 4.84. The average Bonchev–Trinajstić information content (AvgIpc) is 3.04. The first-order valence-corrected chi connectivity index (χ1v) is 8.61. The standard InChI is InChI=1S/C17H24ClN3O2/c1-12-2-3-14(18)8-16(12)21-6-4-13(10-21)9-20-17(22)15-11-23-7-5-19-15/h2-3,8,13,15,19H,4-7,9-11H2,1H3,(H,20,22). The monoisotopic (exact) mass is 337 g/mol. The fraction of sp³-hybridized carbons (Fsp3) is 0.588. The summed E-state index contributed by atoms with van der Waals surface area (Å²) in [5, 5.41) is 7.01. The van der Waals surface area contributed by atoms with Crippen molar-refractivity contribution < 1.29 is 9.53 Å². The van der Waals surface area contributed by atoms with E-state index in [0.29, 0.717) is 25.7 Å². The van der Waals surface area contributed by atoms with Crippen molar-refractivity contribution in [2.24, 2.45) is 5.92 Å². The molecule has 23 heavy (non-hydrogen) atoms. The fourth-order valence-corrected chi connectivity index (χ4v) is 3.41. The molecule has 2 fully saturated rings. The van der Waals surface area contributed by atoms with Crippen LogP contribution in [0.3, 0.4) is 0 Å². The number of ether oxygens (including phenoxy) is 1. The molecule has 2 unspecified atom stereocenters. The molecule has 6 heteroatoms. The van der Waals surface area contributed by atoms with Crippen molar-refractivity contribution in [3.8, 4) is 0 Å². The molecule has 2 aliphatic heterocycles. The SMILES string of the molecule is Cc1ccc(Cl)cc1N1CCC(CNC(=O)C2COCCN2)C1. The van der Waals surface area contributed by atoms with Gasteiger partial charge in [-0.3, -0.25) is 4.79 Å². The summed E-state index contributed by atoms with van der Waals surface area (Å²) >= 11 is 6.12. The molecule has 0 saturated carbocycles. The van der Waals surface area contributed by atoms with Crippen LogP contribution in [-0.4, -0.2) is 51.3 Å². The summed E-state index contributed by atoms with van der Waals surface area (Å²) in [6.45, 7) is 6.67. The summed E-state index contributed by atoms with van der Waals surface area (Å²) in [6, 6.07) is 5.80. The van der Waals surface area contributed by atoms with Gasteiger partial charge in [-0.25, -0.2) is 0 Å². The van der Waals surface area contributed by atoms with Crippen LogP contribution >= 0.6 is 11.6 Å². The van der Waals surface area contributed by atoms with Crippen LogP contribution in [0.1, 0.15) is 12.0 Å². The number of anilines is 1. The Morgan fingerprint density at radius 1 is 1.52 bits per heavy atom. The molecular formula is C17H24ClN3O2. The van der Waals surface area contributed by atoms with Crippen LogP contribution in [0.5, 0.6) is 0 Å². The van der Waals surface area contributed by atoms with Gasteiger partial charge in [0.1, 0.15) is 6.04 Å². The number of aryl methyl sites for hydroxylation is 1. The van der Waals surface area contributed by atoms with Gasteiger partial charge in [0, 0.05) is 36.9 Å². The van der Waals surface area contributed by atoms with Gasteiger partial charge in [-0.2, -0.15) is 0 Å². The molecule has 2 N–H and O–H groups in total. The van der Waals surface area contributed by atoms with Crippen molar-refractivity contribution >= 4 is 23.2 Å². The number of hydrogen-bond donors (Lipinski definition) is 2. The quantitative estimate of drug-likeness (QED) is 0.876. The second-order valence-corrected chi connectivity index (χ2v) is 6.79. The maximum absolute atomic E-state index is 12.1. The number of carbonyl (C=O) groups excluding carboxylic acids is 1. The highest BCUT2D eigenvalue weighted by Crippen LogP contribution is 2.29. The lowest BCUT2D eigenvalue weighted by Crippen LogP contribution is -2.52. The lowest BCUT2D eigenvalue weighted by atomic mass is 10.1. The summed E-state index contributed by atoms with van der Waals surface area (Å²) in [6.07, 6.45) is 1.08. The Balaban J connectivity index is 1.50. The Morgan fingerprint density at radius 2 is 2.39 bits per heavy atom. The molecule has 0 aliphatic carbocycles. The summed E-state index contributed by atoms with van der Waals surface area (Å²) in [7, 11) is 0. The molecule has 2 heterocycles. The van der Waals surface area contributed by atoms with Gasteiger partial charge in [-0.15, -0.1) is 0 Å². The van der Waals surface area contributed by atoms with Crippen molar-refractivity contribution in [3.63, 3.8) is 0 Å². The Kier molecular flexibility index (Phi) is 5.41. The molecule has 0 radical (unpaired) electrons. The Hall–Kier alpha value is -1.30. The number of morpholine rings is 1. The molecule has 1 amide bonds. The molecule has 2 aliphatic rings. The third kappa shape index (κ3) is 4.16. The molecule has 3 rings (SSSR count). The van der Waals surface area contributed by atoms with Crippen molar-refractivity contribution in [1.82, 2.24) is 10.6 Å². The lowest BCUT2D eigenvalue weighted by Gasteiger charge is -2.24. The van der Waals surface area contributed by atoms with Crippen LogP contribution in [0, 0.1) is 12.8 Å². The van der Waals surface area contributed by atoms with E-state index in [1.54, 1.807) is 0 Å². The Labute approximate surface area is 142 Å². The average molecular weight is 338 g/mol. The molecule has 0 aromatic heterocycles. The third-order valence-electron chi connectivity index (χ3n) is 4.60. The number of nitrogens with one attached hydrogen (secondary N) is 2. The minimum absolute atomic E-state index is 0.0436. The zero-order valence-electron chi connectivity index (χ0n) is 13.5. The first-order chi connectivity index (χ1) is 11.1. The number of carbonyl (C=O) groups is 1. The van der Waals surface area contributed by atoms with Gasteiger partial charge in [0.15, 0.2) is 0 Å². The van der Waals surface area contributed by atoms with Crippen LogP contribution in [0.25, 0.3) is 0 Å². The van der Waals surface area contributed by atoms with Crippen molar-refractivity contribution in [3.05, 3.63) is 28.8 Å². The van der Waals surface area contributed by atoms with Crippen LogP contribution in [0.2, 0.25) is 5.02 Å². The summed E-state index contributed by atoms with van der Waals surface area (Å²) in [5.74, 6) is 0.518. The summed E-state index contributed by atoms with van der Waals surface area (Å²) in [5.41, 5.74) is 2.44. The zero-order valence-corrected chi connectivity index (χ0v) is 14.2. The highest BCUT2D eigenvalue weighted by atomic mass is 35.5. The topological polar surface area (TPSA) is 53.6 Å². The maximum atomic E-state index is 12.1. The molecule has 0 bridgehead atoms. The largest absolute Gasteiger partial charge is 0.378 e. The van der Waals surface area contributed by atoms with Gasteiger partial charge in [0.25, 0.3) is 0 Å². The fourth-order valence-electron chi connectivity index (χ4n) is 3.24. The van der Waals surface area contributed by atoms with Crippen LogP contribution < -0.4 is 15.5 Å². The second kappa shape index (κ2) is 7.51. The summed E-state index contributed by atoms with van der Waals surface area (Å²) in [4.78, 5) is 14.5. The van der Waals surface area contributed by atoms with Gasteiger partial charge in [-0.1, -0.05) is 17.7 Å². The van der Waals surface area contributed by atoms with E-state index in [0.717, 1.165) is 31.1 Å². The summed E-state index contributed by atoms with van der Waals surface area (Å²) < 4.78 is 5.33. The van der Waals surface area contributed by atoms with Gasteiger partial charge >= 0.3 is 0 Å². The number of halogens is 1. The van der Waals surface area contributed by atoms with Gasteiger partial charge < -0.3 is 20.3 Å². The molecule has 1 aromatic carbocycles. The van der Waals surface area contributed by atoms with E-state index < -0.39 is 0 Å². The van der Waals surface area contributed by atoms with E-state index in [4.69, 9.17) is 16.3 Å². The van der Waals surface area contributed by atoms with E-state index in [9.17, 15) is 4.79 Å². The second-order valence-electron chi connectivity index (χ2n) is 6.36. The highest BCUT2D eigenvalue weighted by molar-refractivity contribution is 6.30. The Morgan fingerprint density at radius 3 is 3.17 bits per heavy atom. The van der Waals surface area contributed by atoms with Gasteiger partial charge in [0.2, 0.25) is 5.91 Å². The number of amides is 1. The van der Waals surface area contributed by atoms with Crippen LogP contribution in [0.15, 0.2) is 18.2 Å². The van der Waals surface area contributed by atoms with E-state index in [-0.39, 0.29) is 11.9 Å². The maximum Gasteiger partial charge on any atom is 0.239 e. The smallest absolute Gasteiger partial charge is 0.239 e. The molecule has 2 saturated heterocycles. The molecule has 0 spiro atoms. The van der Waals surface area contributed by atoms with Crippen molar-refractivity contribution in [2.75, 3.05) is 44.3 Å². The molecule has 5 nitrogen and oxygen atoms in total. The first-order valence-electron chi connectivity index (χ1n) is 8.23. The normalized spacial score (nSPS) is 24.7. The van der Waals surface area contributed by atoms with Crippen LogP contribution in [0.4, 0.5) is 5.69 Å². The van der Waals surface area contributed by atoms with Crippen LogP contribution in [-0.2, 0) is 9.53 Å². The molecule has 2 atom stereocenters.